The minimum Gasteiger partial charge on any atom is -0.496 e. The zero-order valence-electron chi connectivity index (χ0n) is 9.55. The lowest BCUT2D eigenvalue weighted by Crippen LogP contribution is -2.02. The second-order valence-corrected chi connectivity index (χ2v) is 3.45. The third-order valence-electron chi connectivity index (χ3n) is 2.19. The Balaban J connectivity index is 2.95. The van der Waals surface area contributed by atoms with E-state index in [2.05, 4.69) is 0 Å². The maximum absolute atomic E-state index is 10.7. The van der Waals surface area contributed by atoms with Crippen LogP contribution < -0.4 is 4.74 Å². The van der Waals surface area contributed by atoms with Gasteiger partial charge in [0.25, 0.3) is 0 Å². The van der Waals surface area contributed by atoms with Gasteiger partial charge in [-0.1, -0.05) is 18.2 Å². The second-order valence-electron chi connectivity index (χ2n) is 3.45. The Morgan fingerprint density at radius 3 is 2.82 bits per heavy atom. The number of hydrogen-bond donors (Lipinski definition) is 1. The zero-order valence-corrected chi connectivity index (χ0v) is 9.55. The summed E-state index contributed by atoms with van der Waals surface area (Å²) in [5.74, 6) is -0.350. The van der Waals surface area contributed by atoms with Crippen LogP contribution in [0, 0.1) is 0 Å². The fraction of sp³-hybridized carbons (Fsp3) is 0.231. The number of carbonyl (C=O) groups excluding carboxylic acids is 1. The number of rotatable bonds is 6. The van der Waals surface area contributed by atoms with Crippen LogP contribution in [0.5, 0.6) is 5.75 Å². The SMILES string of the molecule is COc1ccc(C=CCC=O)cc1CC(=O)O. The van der Waals surface area contributed by atoms with Crippen LogP contribution in [0.3, 0.4) is 0 Å². The third kappa shape index (κ3) is 4.10. The molecule has 0 radical (unpaired) electrons. The molecular formula is C13H14O4. The van der Waals surface area contributed by atoms with Crippen molar-refractivity contribution in [3.63, 3.8) is 0 Å². The number of benzene rings is 1. The minimum atomic E-state index is -0.905. The van der Waals surface area contributed by atoms with Crippen LogP contribution in [0.1, 0.15) is 17.5 Å². The molecule has 0 heterocycles. The standard InChI is InChI=1S/C13H14O4/c1-17-12-6-5-10(4-2-3-7-14)8-11(12)9-13(15)16/h2,4-8H,3,9H2,1H3,(H,15,16). The van der Waals surface area contributed by atoms with Gasteiger partial charge in [0.05, 0.1) is 13.5 Å². The largest absolute Gasteiger partial charge is 0.496 e. The number of ether oxygens (including phenoxy) is 1. The smallest absolute Gasteiger partial charge is 0.307 e. The molecule has 0 aliphatic rings. The Morgan fingerprint density at radius 2 is 2.24 bits per heavy atom. The lowest BCUT2D eigenvalue weighted by Gasteiger charge is -2.07. The van der Waals surface area contributed by atoms with E-state index in [0.29, 0.717) is 17.7 Å². The Labute approximate surface area is 99.5 Å². The topological polar surface area (TPSA) is 63.6 Å². The van der Waals surface area contributed by atoms with Crippen molar-refractivity contribution in [1.82, 2.24) is 0 Å². The van der Waals surface area contributed by atoms with Gasteiger partial charge in [-0.2, -0.15) is 0 Å². The predicted molar refractivity (Wildman–Crippen MR) is 64.0 cm³/mol. The Kier molecular flexibility index (Phi) is 4.94. The lowest BCUT2D eigenvalue weighted by atomic mass is 10.1. The number of hydrogen-bond acceptors (Lipinski definition) is 3. The molecule has 0 aliphatic carbocycles. The fourth-order valence-electron chi connectivity index (χ4n) is 1.46. The molecule has 17 heavy (non-hydrogen) atoms. The first kappa shape index (κ1) is 13.0. The van der Waals surface area contributed by atoms with E-state index in [1.807, 2.05) is 6.07 Å². The van der Waals surface area contributed by atoms with Crippen LogP contribution in [0.2, 0.25) is 0 Å². The van der Waals surface area contributed by atoms with Crippen molar-refractivity contribution in [1.29, 1.82) is 0 Å². The van der Waals surface area contributed by atoms with Crippen molar-refractivity contribution in [2.24, 2.45) is 0 Å². The van der Waals surface area contributed by atoms with Crippen LogP contribution in [-0.2, 0) is 16.0 Å². The summed E-state index contributed by atoms with van der Waals surface area (Å²) in [4.78, 5) is 20.8. The molecule has 0 unspecified atom stereocenters. The van der Waals surface area contributed by atoms with E-state index < -0.39 is 5.97 Å². The van der Waals surface area contributed by atoms with Crippen molar-refractivity contribution in [2.45, 2.75) is 12.8 Å². The van der Waals surface area contributed by atoms with E-state index in [0.717, 1.165) is 11.8 Å². The first-order chi connectivity index (χ1) is 8.17. The Bertz CT molecular complexity index is 435. The van der Waals surface area contributed by atoms with Gasteiger partial charge in [0, 0.05) is 12.0 Å². The molecule has 0 atom stereocenters. The molecule has 0 fully saturated rings. The highest BCUT2D eigenvalue weighted by molar-refractivity contribution is 5.72. The molecule has 0 spiro atoms. The number of carboxylic acid groups (broad SMARTS) is 1. The quantitative estimate of drug-likeness (QED) is 0.764. The number of carboxylic acids is 1. The molecule has 1 rings (SSSR count). The number of carbonyl (C=O) groups is 2. The highest BCUT2D eigenvalue weighted by atomic mass is 16.5. The molecule has 4 heteroatoms. The van der Waals surface area contributed by atoms with Crippen molar-refractivity contribution >= 4 is 18.3 Å². The molecule has 0 aromatic heterocycles. The van der Waals surface area contributed by atoms with Gasteiger partial charge in [0.15, 0.2) is 0 Å². The number of allylic oxidation sites excluding steroid dienone is 1. The van der Waals surface area contributed by atoms with Gasteiger partial charge in [-0.3, -0.25) is 4.79 Å². The van der Waals surface area contributed by atoms with Crippen LogP contribution >= 0.6 is 0 Å². The Morgan fingerprint density at radius 1 is 1.47 bits per heavy atom. The van der Waals surface area contributed by atoms with Gasteiger partial charge >= 0.3 is 5.97 Å². The first-order valence-electron chi connectivity index (χ1n) is 5.16. The zero-order chi connectivity index (χ0) is 12.7. The maximum Gasteiger partial charge on any atom is 0.307 e. The maximum atomic E-state index is 10.7. The van der Waals surface area contributed by atoms with Crippen molar-refractivity contribution in [3.8, 4) is 5.75 Å². The van der Waals surface area contributed by atoms with Gasteiger partial charge in [-0.05, 0) is 17.7 Å². The average molecular weight is 234 g/mol. The average Bonchev–Trinajstić information content (AvgIpc) is 2.29. The molecule has 90 valence electrons. The van der Waals surface area contributed by atoms with Gasteiger partial charge in [-0.15, -0.1) is 0 Å². The van der Waals surface area contributed by atoms with Crippen molar-refractivity contribution < 1.29 is 19.4 Å². The van der Waals surface area contributed by atoms with E-state index in [4.69, 9.17) is 9.84 Å². The molecular weight excluding hydrogens is 220 g/mol. The fourth-order valence-corrected chi connectivity index (χ4v) is 1.46. The van der Waals surface area contributed by atoms with Crippen molar-refractivity contribution in [2.75, 3.05) is 7.11 Å². The molecule has 0 saturated carbocycles. The monoisotopic (exact) mass is 234 g/mol. The Hall–Kier alpha value is -2.10. The first-order valence-corrected chi connectivity index (χ1v) is 5.16. The second kappa shape index (κ2) is 6.48. The molecule has 0 saturated heterocycles. The predicted octanol–water partition coefficient (Wildman–Crippen LogP) is 1.92. The van der Waals surface area contributed by atoms with Gasteiger partial charge in [0.1, 0.15) is 12.0 Å². The summed E-state index contributed by atoms with van der Waals surface area (Å²) in [5, 5.41) is 8.77. The van der Waals surface area contributed by atoms with Gasteiger partial charge in [-0.25, -0.2) is 0 Å². The van der Waals surface area contributed by atoms with Gasteiger partial charge < -0.3 is 14.6 Å². The number of methoxy groups -OCH3 is 1. The summed E-state index contributed by atoms with van der Waals surface area (Å²) < 4.78 is 5.08. The van der Waals surface area contributed by atoms with E-state index in [1.54, 1.807) is 24.3 Å². The highest BCUT2D eigenvalue weighted by Crippen LogP contribution is 2.21. The molecule has 1 N–H and O–H groups in total. The summed E-state index contributed by atoms with van der Waals surface area (Å²) in [6, 6.07) is 5.28. The summed E-state index contributed by atoms with van der Waals surface area (Å²) >= 11 is 0. The highest BCUT2D eigenvalue weighted by Gasteiger charge is 2.07. The summed E-state index contributed by atoms with van der Waals surface area (Å²) in [7, 11) is 1.50. The van der Waals surface area contributed by atoms with E-state index in [-0.39, 0.29) is 6.42 Å². The van der Waals surface area contributed by atoms with Crippen LogP contribution in [0.4, 0.5) is 0 Å². The van der Waals surface area contributed by atoms with Crippen molar-refractivity contribution in [3.05, 3.63) is 35.4 Å². The minimum absolute atomic E-state index is 0.0848. The third-order valence-corrected chi connectivity index (χ3v) is 2.19. The van der Waals surface area contributed by atoms with E-state index in [1.165, 1.54) is 7.11 Å². The molecule has 1 aromatic carbocycles. The summed E-state index contributed by atoms with van der Waals surface area (Å²) in [6.07, 6.45) is 4.57. The molecule has 0 bridgehead atoms. The van der Waals surface area contributed by atoms with Crippen LogP contribution in [0.15, 0.2) is 24.3 Å². The molecule has 0 aliphatic heterocycles. The molecule has 1 aromatic rings. The normalized spacial score (nSPS) is 10.4. The molecule has 0 amide bonds. The lowest BCUT2D eigenvalue weighted by molar-refractivity contribution is -0.136. The number of aliphatic carboxylic acids is 1. The van der Waals surface area contributed by atoms with E-state index >= 15 is 0 Å². The molecule has 4 nitrogen and oxygen atoms in total. The van der Waals surface area contributed by atoms with Crippen LogP contribution in [-0.4, -0.2) is 24.5 Å². The van der Waals surface area contributed by atoms with E-state index in [9.17, 15) is 9.59 Å². The van der Waals surface area contributed by atoms with Crippen LogP contribution in [0.25, 0.3) is 6.08 Å². The summed E-state index contributed by atoms with van der Waals surface area (Å²) in [6.45, 7) is 0. The number of aldehydes is 1. The summed E-state index contributed by atoms with van der Waals surface area (Å²) in [5.41, 5.74) is 1.47. The van der Waals surface area contributed by atoms with Gasteiger partial charge in [0.2, 0.25) is 0 Å².